The number of benzene rings is 1. The first kappa shape index (κ1) is 15.7. The molecule has 2 nitrogen and oxygen atoms in total. The zero-order chi connectivity index (χ0) is 14.2. The lowest BCUT2D eigenvalue weighted by Gasteiger charge is -2.29. The summed E-state index contributed by atoms with van der Waals surface area (Å²) < 4.78 is 0. The predicted octanol–water partition coefficient (Wildman–Crippen LogP) is 4.61. The van der Waals surface area contributed by atoms with Crippen LogP contribution < -0.4 is 10.2 Å². The minimum Gasteiger partial charge on any atom is -0.371 e. The van der Waals surface area contributed by atoms with Gasteiger partial charge in [-0.3, -0.25) is 0 Å². The van der Waals surface area contributed by atoms with Crippen molar-refractivity contribution in [2.75, 3.05) is 24.5 Å². The molecule has 0 aliphatic carbocycles. The van der Waals surface area contributed by atoms with Crippen molar-refractivity contribution in [1.82, 2.24) is 5.32 Å². The summed E-state index contributed by atoms with van der Waals surface area (Å²) in [7, 11) is 0. The molecule has 1 fully saturated rings. The van der Waals surface area contributed by atoms with E-state index in [1.165, 1.54) is 56.4 Å². The molecule has 1 saturated heterocycles. The van der Waals surface area contributed by atoms with Crippen LogP contribution in [0, 0.1) is 0 Å². The van der Waals surface area contributed by atoms with Gasteiger partial charge in [0.1, 0.15) is 0 Å². The van der Waals surface area contributed by atoms with Crippen molar-refractivity contribution in [2.24, 2.45) is 0 Å². The fraction of sp³-hybridized carbons (Fsp3) is 0.647. The Hall–Kier alpha value is -0.730. The van der Waals surface area contributed by atoms with E-state index in [-0.39, 0.29) is 0 Å². The number of hydrogen-bond donors (Lipinski definition) is 1. The number of nitrogens with zero attached hydrogens (tertiary/aromatic N) is 1. The molecule has 1 N–H and O–H groups in total. The summed E-state index contributed by atoms with van der Waals surface area (Å²) in [5, 5.41) is 4.38. The van der Waals surface area contributed by atoms with E-state index in [4.69, 9.17) is 11.6 Å². The van der Waals surface area contributed by atoms with Crippen LogP contribution in [0.3, 0.4) is 0 Å². The van der Waals surface area contributed by atoms with Gasteiger partial charge in [-0.1, -0.05) is 43.9 Å². The number of anilines is 1. The van der Waals surface area contributed by atoms with E-state index >= 15 is 0 Å². The summed E-state index contributed by atoms with van der Waals surface area (Å²) in [6, 6.07) is 6.33. The second-order valence-corrected chi connectivity index (χ2v) is 6.08. The third kappa shape index (κ3) is 4.39. The Bertz CT molecular complexity index is 398. The van der Waals surface area contributed by atoms with Gasteiger partial charge < -0.3 is 10.2 Å². The average Bonchev–Trinajstić information content (AvgIpc) is 2.41. The van der Waals surface area contributed by atoms with E-state index in [1.807, 2.05) is 6.07 Å². The van der Waals surface area contributed by atoms with Crippen molar-refractivity contribution in [3.05, 3.63) is 28.8 Å². The van der Waals surface area contributed by atoms with Crippen LogP contribution in [0.2, 0.25) is 5.02 Å². The molecule has 1 aliphatic rings. The van der Waals surface area contributed by atoms with Crippen molar-refractivity contribution in [3.8, 4) is 0 Å². The van der Waals surface area contributed by atoms with E-state index < -0.39 is 0 Å². The number of halogens is 1. The Morgan fingerprint density at radius 3 is 2.50 bits per heavy atom. The molecule has 0 spiro atoms. The van der Waals surface area contributed by atoms with Crippen LogP contribution >= 0.6 is 11.6 Å². The minimum atomic E-state index is 0.874. The molecule has 1 aromatic carbocycles. The zero-order valence-corrected chi connectivity index (χ0v) is 13.4. The van der Waals surface area contributed by atoms with Gasteiger partial charge in [-0.25, -0.2) is 0 Å². The molecule has 1 aliphatic heterocycles. The quantitative estimate of drug-likeness (QED) is 0.798. The lowest BCUT2D eigenvalue weighted by Crippen LogP contribution is -2.29. The maximum absolute atomic E-state index is 6.43. The Morgan fingerprint density at radius 1 is 1.10 bits per heavy atom. The Balaban J connectivity index is 2.13. The van der Waals surface area contributed by atoms with Gasteiger partial charge >= 0.3 is 0 Å². The monoisotopic (exact) mass is 294 g/mol. The van der Waals surface area contributed by atoms with E-state index in [1.54, 1.807) is 0 Å². The highest BCUT2D eigenvalue weighted by atomic mass is 35.5. The van der Waals surface area contributed by atoms with E-state index in [9.17, 15) is 0 Å². The third-order valence-corrected chi connectivity index (χ3v) is 4.37. The maximum Gasteiger partial charge on any atom is 0.0471 e. The first-order valence-corrected chi connectivity index (χ1v) is 8.43. The smallest absolute Gasteiger partial charge is 0.0471 e. The predicted molar refractivity (Wildman–Crippen MR) is 88.7 cm³/mol. The summed E-state index contributed by atoms with van der Waals surface area (Å²) in [5.41, 5.74) is 2.60. The molecule has 1 heterocycles. The van der Waals surface area contributed by atoms with Crippen LogP contribution in [0.25, 0.3) is 0 Å². The summed E-state index contributed by atoms with van der Waals surface area (Å²) >= 11 is 6.43. The second kappa shape index (κ2) is 8.53. The van der Waals surface area contributed by atoms with Crippen LogP contribution in [-0.4, -0.2) is 19.6 Å². The molecular formula is C17H27ClN2. The van der Waals surface area contributed by atoms with E-state index in [2.05, 4.69) is 29.3 Å². The van der Waals surface area contributed by atoms with Crippen LogP contribution in [0.1, 0.15) is 51.0 Å². The molecule has 0 unspecified atom stereocenters. The standard InChI is InChI=1S/C17H27ClN2/c1-2-11-19-14-15-16(18)9-8-10-17(15)20-12-6-4-3-5-7-13-20/h8-10,19H,2-7,11-14H2,1H3. The maximum atomic E-state index is 6.43. The van der Waals surface area contributed by atoms with Gasteiger partial charge in [-0.2, -0.15) is 0 Å². The molecule has 1 aromatic rings. The highest BCUT2D eigenvalue weighted by molar-refractivity contribution is 6.31. The Morgan fingerprint density at radius 2 is 1.80 bits per heavy atom. The highest BCUT2D eigenvalue weighted by Crippen LogP contribution is 2.29. The van der Waals surface area contributed by atoms with Crippen LogP contribution in [0.5, 0.6) is 0 Å². The molecule has 0 aromatic heterocycles. The second-order valence-electron chi connectivity index (χ2n) is 5.67. The van der Waals surface area contributed by atoms with Gasteiger partial charge in [-0.05, 0) is 37.9 Å². The Labute approximate surface area is 128 Å². The van der Waals surface area contributed by atoms with Gasteiger partial charge in [0.05, 0.1) is 0 Å². The number of hydrogen-bond acceptors (Lipinski definition) is 2. The van der Waals surface area contributed by atoms with Gasteiger partial charge in [0.2, 0.25) is 0 Å². The summed E-state index contributed by atoms with van der Waals surface area (Å²) in [5.74, 6) is 0. The average molecular weight is 295 g/mol. The lowest BCUT2D eigenvalue weighted by atomic mass is 10.1. The number of rotatable bonds is 5. The molecule has 0 bridgehead atoms. The molecule has 0 saturated carbocycles. The van der Waals surface area contributed by atoms with Crippen LogP contribution in [0.4, 0.5) is 5.69 Å². The molecule has 3 heteroatoms. The first-order valence-electron chi connectivity index (χ1n) is 8.06. The van der Waals surface area contributed by atoms with Crippen molar-refractivity contribution < 1.29 is 0 Å². The zero-order valence-electron chi connectivity index (χ0n) is 12.6. The summed E-state index contributed by atoms with van der Waals surface area (Å²) in [6.45, 7) is 6.45. The lowest BCUT2D eigenvalue weighted by molar-refractivity contribution is 0.554. The third-order valence-electron chi connectivity index (χ3n) is 4.02. The molecule has 0 radical (unpaired) electrons. The topological polar surface area (TPSA) is 15.3 Å². The van der Waals surface area contributed by atoms with Crippen molar-refractivity contribution >= 4 is 17.3 Å². The molecular weight excluding hydrogens is 268 g/mol. The van der Waals surface area contributed by atoms with Crippen LogP contribution in [-0.2, 0) is 6.54 Å². The van der Waals surface area contributed by atoms with Crippen molar-refractivity contribution in [3.63, 3.8) is 0 Å². The van der Waals surface area contributed by atoms with Gasteiger partial charge in [-0.15, -0.1) is 0 Å². The fourth-order valence-electron chi connectivity index (χ4n) is 2.90. The van der Waals surface area contributed by atoms with E-state index in [0.29, 0.717) is 0 Å². The van der Waals surface area contributed by atoms with E-state index in [0.717, 1.165) is 24.5 Å². The highest BCUT2D eigenvalue weighted by Gasteiger charge is 2.14. The Kier molecular flexibility index (Phi) is 6.68. The minimum absolute atomic E-state index is 0.874. The molecule has 0 amide bonds. The molecule has 20 heavy (non-hydrogen) atoms. The molecule has 2 rings (SSSR count). The normalized spacial score (nSPS) is 16.8. The largest absolute Gasteiger partial charge is 0.371 e. The summed E-state index contributed by atoms with van der Waals surface area (Å²) in [4.78, 5) is 2.54. The van der Waals surface area contributed by atoms with Gasteiger partial charge in [0.15, 0.2) is 0 Å². The first-order chi connectivity index (χ1) is 9.83. The molecule has 112 valence electrons. The SMILES string of the molecule is CCCNCc1c(Cl)cccc1N1CCCCCCC1. The van der Waals surface area contributed by atoms with Gasteiger partial charge in [0.25, 0.3) is 0 Å². The van der Waals surface area contributed by atoms with Crippen molar-refractivity contribution in [1.29, 1.82) is 0 Å². The number of nitrogens with one attached hydrogen (secondary N) is 1. The summed E-state index contributed by atoms with van der Waals surface area (Å²) in [6.07, 6.45) is 7.88. The fourth-order valence-corrected chi connectivity index (χ4v) is 3.13. The van der Waals surface area contributed by atoms with Crippen LogP contribution in [0.15, 0.2) is 18.2 Å². The van der Waals surface area contributed by atoms with Crippen molar-refractivity contribution in [2.45, 2.75) is 52.0 Å². The molecule has 0 atom stereocenters. The van der Waals surface area contributed by atoms with Gasteiger partial charge in [0, 0.05) is 35.9 Å².